The van der Waals surface area contributed by atoms with E-state index in [0.717, 1.165) is 12.0 Å². The number of allylic oxidation sites excluding steroid dienone is 1. The van der Waals surface area contributed by atoms with E-state index >= 15 is 0 Å². The molecule has 0 radical (unpaired) electrons. The zero-order chi connectivity index (χ0) is 10.4. The quantitative estimate of drug-likeness (QED) is 0.561. The summed E-state index contributed by atoms with van der Waals surface area (Å²) >= 11 is 0. The van der Waals surface area contributed by atoms with Crippen LogP contribution < -0.4 is 0 Å². The lowest BCUT2D eigenvalue weighted by atomic mass is 10.3. The first-order valence-corrected chi connectivity index (χ1v) is 4.63. The summed E-state index contributed by atoms with van der Waals surface area (Å²) in [6.07, 6.45) is 4.17. The van der Waals surface area contributed by atoms with E-state index in [2.05, 4.69) is 18.2 Å². The molecule has 72 valence electrons. The fourth-order valence-corrected chi connectivity index (χ4v) is 0.249. The summed E-state index contributed by atoms with van der Waals surface area (Å²) in [5.74, 6) is 0. The second-order valence-corrected chi connectivity index (χ2v) is 1.47. The third kappa shape index (κ3) is 22.9. The van der Waals surface area contributed by atoms with Crippen LogP contribution in [0.15, 0.2) is 29.9 Å². The molecule has 12 heavy (non-hydrogen) atoms. The van der Waals surface area contributed by atoms with Gasteiger partial charge in [-0.05, 0) is 12.0 Å². The Morgan fingerprint density at radius 2 is 1.67 bits per heavy atom. The first kappa shape index (κ1) is 17.3. The molecule has 0 rings (SSSR count). The van der Waals surface area contributed by atoms with Gasteiger partial charge >= 0.3 is 0 Å². The molecule has 0 aromatic carbocycles. The van der Waals surface area contributed by atoms with Crippen LogP contribution in [-0.4, -0.2) is 6.21 Å². The van der Waals surface area contributed by atoms with Gasteiger partial charge in [-0.1, -0.05) is 47.8 Å². The molecule has 1 nitrogen and oxygen atoms in total. The lowest BCUT2D eigenvalue weighted by Crippen LogP contribution is -1.75. The molecule has 0 aliphatic rings. The topological polar surface area (TPSA) is 12.4 Å². The molecular weight excluding hydrogens is 146 g/mol. The number of hydrogen-bond acceptors (Lipinski definition) is 1. The van der Waals surface area contributed by atoms with Crippen molar-refractivity contribution >= 4 is 6.21 Å². The summed E-state index contributed by atoms with van der Waals surface area (Å²) in [6.45, 7) is 17.2. The zero-order valence-electron chi connectivity index (χ0n) is 9.22. The van der Waals surface area contributed by atoms with Crippen LogP contribution in [0.3, 0.4) is 0 Å². The molecule has 0 saturated carbocycles. The molecule has 0 aliphatic carbocycles. The molecule has 0 spiro atoms. The minimum Gasteiger partial charge on any atom is -0.265 e. The Morgan fingerprint density at radius 1 is 1.25 bits per heavy atom. The number of nitrogens with zero attached hydrogens (tertiary/aromatic N) is 1. The van der Waals surface area contributed by atoms with Gasteiger partial charge in [-0.3, -0.25) is 4.99 Å². The van der Waals surface area contributed by atoms with Gasteiger partial charge in [0.15, 0.2) is 0 Å². The molecule has 0 aromatic rings. The standard InChI is InChI=1S/C7H11N.2C2H6/c1-4-7(3)6-8-5-2;2*1-2/h5-6H,2-4H2,1H3;2*1-2H3. The molecule has 0 unspecified atom stereocenters. The van der Waals surface area contributed by atoms with Gasteiger partial charge < -0.3 is 0 Å². The maximum absolute atomic E-state index is 3.78. The first-order valence-electron chi connectivity index (χ1n) is 4.63. The monoisotopic (exact) mass is 169 g/mol. The second-order valence-electron chi connectivity index (χ2n) is 1.47. The summed E-state index contributed by atoms with van der Waals surface area (Å²) in [6, 6.07) is 0. The van der Waals surface area contributed by atoms with Crippen LogP contribution >= 0.6 is 0 Å². The van der Waals surface area contributed by atoms with Crippen LogP contribution in [0, 0.1) is 0 Å². The van der Waals surface area contributed by atoms with Crippen LogP contribution in [0.5, 0.6) is 0 Å². The summed E-state index contributed by atoms with van der Waals surface area (Å²) in [4.78, 5) is 3.78. The van der Waals surface area contributed by atoms with Crippen molar-refractivity contribution in [3.05, 3.63) is 24.9 Å². The van der Waals surface area contributed by atoms with E-state index in [4.69, 9.17) is 0 Å². The summed E-state index contributed by atoms with van der Waals surface area (Å²) < 4.78 is 0. The summed E-state index contributed by atoms with van der Waals surface area (Å²) in [5, 5.41) is 0. The highest BCUT2D eigenvalue weighted by Crippen LogP contribution is 1.89. The van der Waals surface area contributed by atoms with Crippen molar-refractivity contribution in [2.24, 2.45) is 4.99 Å². The molecular formula is C11H23N. The van der Waals surface area contributed by atoms with Crippen LogP contribution in [-0.2, 0) is 0 Å². The molecule has 0 amide bonds. The van der Waals surface area contributed by atoms with Crippen molar-refractivity contribution < 1.29 is 0 Å². The van der Waals surface area contributed by atoms with Crippen molar-refractivity contribution in [1.29, 1.82) is 0 Å². The van der Waals surface area contributed by atoms with E-state index in [-0.39, 0.29) is 0 Å². The molecule has 0 fully saturated rings. The van der Waals surface area contributed by atoms with Crippen molar-refractivity contribution in [2.75, 3.05) is 0 Å². The van der Waals surface area contributed by atoms with Crippen molar-refractivity contribution in [2.45, 2.75) is 41.0 Å². The van der Waals surface area contributed by atoms with E-state index in [0.29, 0.717) is 0 Å². The fraction of sp³-hybridized carbons (Fsp3) is 0.545. The zero-order valence-corrected chi connectivity index (χ0v) is 9.22. The van der Waals surface area contributed by atoms with Crippen LogP contribution in [0.25, 0.3) is 0 Å². The maximum atomic E-state index is 3.78. The molecule has 0 heterocycles. The highest BCUT2D eigenvalue weighted by molar-refractivity contribution is 5.77. The van der Waals surface area contributed by atoms with Gasteiger partial charge in [-0.25, -0.2) is 0 Å². The molecule has 0 aliphatic heterocycles. The fourth-order valence-electron chi connectivity index (χ4n) is 0.249. The summed E-state index contributed by atoms with van der Waals surface area (Å²) in [7, 11) is 0. The minimum absolute atomic E-state index is 0.956. The Bertz CT molecular complexity index is 112. The lowest BCUT2D eigenvalue weighted by molar-refractivity contribution is 1.19. The predicted octanol–water partition coefficient (Wildman–Crippen LogP) is 4.22. The largest absolute Gasteiger partial charge is 0.265 e. The van der Waals surface area contributed by atoms with Gasteiger partial charge in [-0.2, -0.15) is 0 Å². The van der Waals surface area contributed by atoms with Crippen molar-refractivity contribution in [3.63, 3.8) is 0 Å². The third-order valence-electron chi connectivity index (χ3n) is 0.817. The van der Waals surface area contributed by atoms with Crippen LogP contribution in [0.2, 0.25) is 0 Å². The summed E-state index contributed by atoms with van der Waals surface area (Å²) in [5.41, 5.74) is 1.03. The van der Waals surface area contributed by atoms with Gasteiger partial charge in [0, 0.05) is 12.4 Å². The maximum Gasteiger partial charge on any atom is 0.0293 e. The van der Waals surface area contributed by atoms with E-state index in [1.54, 1.807) is 6.21 Å². The van der Waals surface area contributed by atoms with Gasteiger partial charge in [0.25, 0.3) is 0 Å². The average molecular weight is 169 g/mol. The number of rotatable bonds is 3. The molecule has 0 saturated heterocycles. The van der Waals surface area contributed by atoms with Gasteiger partial charge in [0.1, 0.15) is 0 Å². The lowest BCUT2D eigenvalue weighted by Gasteiger charge is -1.85. The smallest absolute Gasteiger partial charge is 0.0293 e. The number of hydrogen-bond donors (Lipinski definition) is 0. The van der Waals surface area contributed by atoms with E-state index < -0.39 is 0 Å². The Hall–Kier alpha value is -0.850. The molecule has 0 aromatic heterocycles. The Balaban J connectivity index is -0.000000175. The van der Waals surface area contributed by atoms with E-state index in [9.17, 15) is 0 Å². The highest BCUT2D eigenvalue weighted by Gasteiger charge is 1.77. The minimum atomic E-state index is 0.956. The molecule has 0 N–H and O–H groups in total. The van der Waals surface area contributed by atoms with E-state index in [1.807, 2.05) is 34.6 Å². The first-order chi connectivity index (χ1) is 5.81. The van der Waals surface area contributed by atoms with Crippen LogP contribution in [0.4, 0.5) is 0 Å². The van der Waals surface area contributed by atoms with Crippen molar-refractivity contribution in [3.8, 4) is 0 Å². The molecule has 0 bridgehead atoms. The Labute approximate surface area is 77.9 Å². The second kappa shape index (κ2) is 22.5. The molecule has 1 heteroatoms. The Morgan fingerprint density at radius 3 is 1.92 bits per heavy atom. The highest BCUT2D eigenvalue weighted by atomic mass is 14.7. The third-order valence-corrected chi connectivity index (χ3v) is 0.817. The normalized spacial score (nSPS) is 7.42. The van der Waals surface area contributed by atoms with Crippen LogP contribution in [0.1, 0.15) is 41.0 Å². The van der Waals surface area contributed by atoms with Gasteiger partial charge in [0.05, 0.1) is 0 Å². The van der Waals surface area contributed by atoms with Gasteiger partial charge in [0.2, 0.25) is 0 Å². The Kier molecular flexibility index (Phi) is 32.4. The van der Waals surface area contributed by atoms with Gasteiger partial charge in [-0.15, -0.1) is 0 Å². The average Bonchev–Trinajstić information content (AvgIpc) is 2.20. The number of aliphatic imine (C=N–C) groups is 1. The van der Waals surface area contributed by atoms with E-state index in [1.165, 1.54) is 6.20 Å². The van der Waals surface area contributed by atoms with Crippen molar-refractivity contribution in [1.82, 2.24) is 0 Å². The SMILES string of the molecule is C=CN=CC(=C)CC.CC.CC. The predicted molar refractivity (Wildman–Crippen MR) is 60.8 cm³/mol. The molecule has 0 atom stereocenters.